The summed E-state index contributed by atoms with van der Waals surface area (Å²) in [6, 6.07) is 9.47. The minimum atomic E-state index is -0.550. The molecule has 8 heteroatoms. The van der Waals surface area contributed by atoms with Gasteiger partial charge in [0.1, 0.15) is 11.5 Å². The van der Waals surface area contributed by atoms with E-state index >= 15 is 0 Å². The van der Waals surface area contributed by atoms with Crippen LogP contribution in [0.4, 0.5) is 11.4 Å². The largest absolute Gasteiger partial charge is 0.497 e. The highest BCUT2D eigenvalue weighted by Crippen LogP contribution is 2.30. The normalized spacial score (nSPS) is 10.0. The molecule has 1 amide bonds. The summed E-state index contributed by atoms with van der Waals surface area (Å²) in [4.78, 5) is 22.6. The Kier molecular flexibility index (Phi) is 5.78. The zero-order valence-electron chi connectivity index (χ0n) is 14.1. The van der Waals surface area contributed by atoms with Gasteiger partial charge >= 0.3 is 5.69 Å². The van der Waals surface area contributed by atoms with Gasteiger partial charge in [0.2, 0.25) is 0 Å². The summed E-state index contributed by atoms with van der Waals surface area (Å²) in [5.41, 5.74) is 0.949. The SMILES string of the molecule is COc1ccc(OC)c(NC(=O)COc2ccc(C)cc2[N+](=O)[O-])c1. The number of amides is 1. The van der Waals surface area contributed by atoms with E-state index < -0.39 is 10.8 Å². The molecule has 2 aromatic rings. The van der Waals surface area contributed by atoms with Crippen LogP contribution in [0.3, 0.4) is 0 Å². The van der Waals surface area contributed by atoms with Gasteiger partial charge in [0, 0.05) is 12.1 Å². The molecular weight excluding hydrogens is 328 g/mol. The van der Waals surface area contributed by atoms with Gasteiger partial charge in [-0.1, -0.05) is 6.07 Å². The van der Waals surface area contributed by atoms with E-state index in [1.54, 1.807) is 31.2 Å². The predicted octanol–water partition coefficient (Wildman–Crippen LogP) is 2.94. The summed E-state index contributed by atoms with van der Waals surface area (Å²) in [5, 5.41) is 13.7. The van der Waals surface area contributed by atoms with Crippen LogP contribution in [0.15, 0.2) is 36.4 Å². The number of nitro benzene ring substituents is 1. The van der Waals surface area contributed by atoms with Gasteiger partial charge in [-0.15, -0.1) is 0 Å². The van der Waals surface area contributed by atoms with Gasteiger partial charge in [0.15, 0.2) is 12.4 Å². The molecule has 0 saturated heterocycles. The molecule has 2 aromatic carbocycles. The van der Waals surface area contributed by atoms with E-state index in [4.69, 9.17) is 14.2 Å². The van der Waals surface area contributed by atoms with Crippen molar-refractivity contribution in [1.82, 2.24) is 0 Å². The van der Waals surface area contributed by atoms with Crippen molar-refractivity contribution < 1.29 is 23.9 Å². The number of rotatable bonds is 7. The molecule has 132 valence electrons. The molecule has 25 heavy (non-hydrogen) atoms. The first kappa shape index (κ1) is 18.1. The molecule has 0 fully saturated rings. The monoisotopic (exact) mass is 346 g/mol. The third-order valence-corrected chi connectivity index (χ3v) is 3.35. The Labute approximate surface area is 144 Å². The number of nitrogens with one attached hydrogen (secondary N) is 1. The molecule has 0 aliphatic carbocycles. The molecule has 0 aromatic heterocycles. The molecule has 0 aliphatic rings. The van der Waals surface area contributed by atoms with Crippen molar-refractivity contribution in [3.05, 3.63) is 52.1 Å². The summed E-state index contributed by atoms with van der Waals surface area (Å²) in [5.74, 6) is 0.548. The summed E-state index contributed by atoms with van der Waals surface area (Å²) in [6.45, 7) is 1.35. The van der Waals surface area contributed by atoms with Crippen LogP contribution >= 0.6 is 0 Å². The highest BCUT2D eigenvalue weighted by Gasteiger charge is 2.17. The van der Waals surface area contributed by atoms with Gasteiger partial charge in [0.25, 0.3) is 5.91 Å². The predicted molar refractivity (Wildman–Crippen MR) is 91.5 cm³/mol. The third-order valence-electron chi connectivity index (χ3n) is 3.35. The molecule has 0 saturated carbocycles. The van der Waals surface area contributed by atoms with E-state index in [-0.39, 0.29) is 18.0 Å². The van der Waals surface area contributed by atoms with Crippen molar-refractivity contribution in [2.45, 2.75) is 6.92 Å². The van der Waals surface area contributed by atoms with Crippen molar-refractivity contribution in [1.29, 1.82) is 0 Å². The average molecular weight is 346 g/mol. The smallest absolute Gasteiger partial charge is 0.311 e. The number of nitrogens with zero attached hydrogens (tertiary/aromatic N) is 1. The second kappa shape index (κ2) is 8.00. The van der Waals surface area contributed by atoms with Gasteiger partial charge in [0.05, 0.1) is 24.8 Å². The van der Waals surface area contributed by atoms with Crippen molar-refractivity contribution in [2.75, 3.05) is 26.1 Å². The molecule has 2 rings (SSSR count). The Bertz CT molecular complexity index is 791. The Balaban J connectivity index is 2.08. The number of hydrogen-bond donors (Lipinski definition) is 1. The lowest BCUT2D eigenvalue weighted by atomic mass is 10.2. The Morgan fingerprint density at radius 3 is 2.48 bits per heavy atom. The third kappa shape index (κ3) is 4.60. The molecule has 0 bridgehead atoms. The molecule has 0 atom stereocenters. The van der Waals surface area contributed by atoms with Crippen molar-refractivity contribution in [2.24, 2.45) is 0 Å². The van der Waals surface area contributed by atoms with Crippen LogP contribution in [0.1, 0.15) is 5.56 Å². The molecule has 1 N–H and O–H groups in total. The Hall–Kier alpha value is -3.29. The Morgan fingerprint density at radius 1 is 1.12 bits per heavy atom. The maximum Gasteiger partial charge on any atom is 0.311 e. The summed E-state index contributed by atoms with van der Waals surface area (Å²) in [7, 11) is 2.98. The summed E-state index contributed by atoms with van der Waals surface area (Å²) in [6.07, 6.45) is 0. The molecule has 8 nitrogen and oxygen atoms in total. The minimum Gasteiger partial charge on any atom is -0.497 e. The number of carbonyl (C=O) groups excluding carboxylic acids is 1. The fourth-order valence-corrected chi connectivity index (χ4v) is 2.13. The van der Waals surface area contributed by atoms with E-state index in [1.165, 1.54) is 26.4 Å². The number of ether oxygens (including phenoxy) is 3. The van der Waals surface area contributed by atoms with E-state index in [0.717, 1.165) is 5.56 Å². The number of methoxy groups -OCH3 is 2. The second-order valence-electron chi connectivity index (χ2n) is 5.13. The lowest BCUT2D eigenvalue weighted by molar-refractivity contribution is -0.385. The van der Waals surface area contributed by atoms with Crippen molar-refractivity contribution >= 4 is 17.3 Å². The lowest BCUT2D eigenvalue weighted by Gasteiger charge is -2.12. The first-order valence-electron chi connectivity index (χ1n) is 7.34. The molecule has 0 radical (unpaired) electrons. The first-order chi connectivity index (χ1) is 11.9. The quantitative estimate of drug-likeness (QED) is 0.611. The van der Waals surface area contributed by atoms with Crippen molar-refractivity contribution in [3.63, 3.8) is 0 Å². The molecule has 0 unspecified atom stereocenters. The Morgan fingerprint density at radius 2 is 1.84 bits per heavy atom. The lowest BCUT2D eigenvalue weighted by Crippen LogP contribution is -2.20. The summed E-state index contributed by atoms with van der Waals surface area (Å²) < 4.78 is 15.6. The molecule has 0 aliphatic heterocycles. The zero-order chi connectivity index (χ0) is 18.4. The average Bonchev–Trinajstić information content (AvgIpc) is 2.60. The van der Waals surface area contributed by atoms with E-state index in [0.29, 0.717) is 17.2 Å². The highest BCUT2D eigenvalue weighted by atomic mass is 16.6. The van der Waals surface area contributed by atoms with Crippen LogP contribution < -0.4 is 19.5 Å². The number of carbonyl (C=O) groups is 1. The molecule has 0 heterocycles. The second-order valence-corrected chi connectivity index (χ2v) is 5.13. The fourth-order valence-electron chi connectivity index (χ4n) is 2.13. The van der Waals surface area contributed by atoms with Crippen LogP contribution in [0.25, 0.3) is 0 Å². The molecular formula is C17H18N2O6. The number of anilines is 1. The standard InChI is InChI=1S/C17H18N2O6/c1-11-4-6-16(14(8-11)19(21)22)25-10-17(20)18-13-9-12(23-2)5-7-15(13)24-3/h4-9H,10H2,1-3H3,(H,18,20). The topological polar surface area (TPSA) is 99.9 Å². The number of hydrogen-bond acceptors (Lipinski definition) is 6. The van der Waals surface area contributed by atoms with Crippen LogP contribution in [-0.4, -0.2) is 31.7 Å². The van der Waals surface area contributed by atoms with Gasteiger partial charge in [-0.3, -0.25) is 14.9 Å². The van der Waals surface area contributed by atoms with E-state index in [2.05, 4.69) is 5.32 Å². The summed E-state index contributed by atoms with van der Waals surface area (Å²) >= 11 is 0. The maximum atomic E-state index is 12.1. The number of benzene rings is 2. The van der Waals surface area contributed by atoms with Gasteiger partial charge in [-0.25, -0.2) is 0 Å². The maximum absolute atomic E-state index is 12.1. The van der Waals surface area contributed by atoms with Crippen LogP contribution in [-0.2, 0) is 4.79 Å². The fraction of sp³-hybridized carbons (Fsp3) is 0.235. The van der Waals surface area contributed by atoms with Crippen LogP contribution in [0, 0.1) is 17.0 Å². The highest BCUT2D eigenvalue weighted by molar-refractivity contribution is 5.93. The van der Waals surface area contributed by atoms with E-state index in [9.17, 15) is 14.9 Å². The number of nitro groups is 1. The van der Waals surface area contributed by atoms with Gasteiger partial charge in [-0.05, 0) is 30.7 Å². The minimum absolute atomic E-state index is 0.0309. The number of aryl methyl sites for hydroxylation is 1. The van der Waals surface area contributed by atoms with E-state index in [1.807, 2.05) is 0 Å². The van der Waals surface area contributed by atoms with Crippen molar-refractivity contribution in [3.8, 4) is 17.2 Å². The zero-order valence-corrected chi connectivity index (χ0v) is 14.1. The van der Waals surface area contributed by atoms with Crippen LogP contribution in [0.2, 0.25) is 0 Å². The first-order valence-corrected chi connectivity index (χ1v) is 7.34. The van der Waals surface area contributed by atoms with Crippen LogP contribution in [0.5, 0.6) is 17.2 Å². The van der Waals surface area contributed by atoms with Gasteiger partial charge < -0.3 is 19.5 Å². The van der Waals surface area contributed by atoms with Gasteiger partial charge in [-0.2, -0.15) is 0 Å². The molecule has 0 spiro atoms.